The zero-order chi connectivity index (χ0) is 11.5. The van der Waals surface area contributed by atoms with Crippen LogP contribution in [0.5, 0.6) is 0 Å². The van der Waals surface area contributed by atoms with Gasteiger partial charge in [-0.2, -0.15) is 16.3 Å². The molecule has 0 spiro atoms. The highest BCUT2D eigenvalue weighted by Gasteiger charge is 2.02. The van der Waals surface area contributed by atoms with Crippen molar-refractivity contribution in [3.8, 4) is 0 Å². The zero-order valence-electron chi connectivity index (χ0n) is 8.70. The Morgan fingerprint density at radius 3 is 2.88 bits per heavy atom. The number of aromatic nitrogens is 2. The van der Waals surface area contributed by atoms with Crippen molar-refractivity contribution in [2.45, 2.75) is 13.5 Å². The van der Waals surface area contributed by atoms with E-state index in [1.165, 1.54) is 11.1 Å². The molecule has 0 aromatic carbocycles. The minimum Gasteiger partial charge on any atom is -0.368 e. The summed E-state index contributed by atoms with van der Waals surface area (Å²) < 4.78 is 0. The first kappa shape index (κ1) is 11.2. The summed E-state index contributed by atoms with van der Waals surface area (Å²) in [6, 6.07) is 1.65. The predicted octanol–water partition coefficient (Wildman–Crippen LogP) is 2.69. The van der Waals surface area contributed by atoms with Crippen LogP contribution in [0, 0.1) is 6.92 Å². The monoisotopic (exact) mass is 254 g/mol. The highest BCUT2D eigenvalue weighted by Crippen LogP contribution is 2.17. The molecule has 84 valence electrons. The first-order chi connectivity index (χ1) is 7.65. The molecule has 0 saturated carbocycles. The lowest BCUT2D eigenvalue weighted by molar-refractivity contribution is 1.08. The Hall–Kier alpha value is -1.33. The third kappa shape index (κ3) is 2.62. The molecule has 4 nitrogen and oxygen atoms in total. The molecule has 2 rings (SSSR count). The Balaban J connectivity index is 2.07. The van der Waals surface area contributed by atoms with E-state index in [4.69, 9.17) is 17.3 Å². The largest absolute Gasteiger partial charge is 0.368 e. The van der Waals surface area contributed by atoms with Gasteiger partial charge in [0, 0.05) is 12.6 Å². The van der Waals surface area contributed by atoms with E-state index in [9.17, 15) is 0 Å². The van der Waals surface area contributed by atoms with Crippen molar-refractivity contribution in [3.05, 3.63) is 33.1 Å². The first-order valence-electron chi connectivity index (χ1n) is 4.71. The number of nitrogens with one attached hydrogen (secondary N) is 1. The van der Waals surface area contributed by atoms with Crippen molar-refractivity contribution in [2.75, 3.05) is 11.1 Å². The van der Waals surface area contributed by atoms with E-state index in [2.05, 4.69) is 33.0 Å². The van der Waals surface area contributed by atoms with E-state index in [1.54, 1.807) is 17.4 Å². The Bertz CT molecular complexity index is 477. The van der Waals surface area contributed by atoms with Gasteiger partial charge in [-0.05, 0) is 28.8 Å². The predicted molar refractivity (Wildman–Crippen MR) is 67.8 cm³/mol. The van der Waals surface area contributed by atoms with Crippen LogP contribution in [0.3, 0.4) is 0 Å². The minimum atomic E-state index is 0.178. The quantitative estimate of drug-likeness (QED) is 0.827. The Kier molecular flexibility index (Phi) is 3.26. The molecule has 0 atom stereocenters. The van der Waals surface area contributed by atoms with Crippen LogP contribution in [0.2, 0.25) is 5.15 Å². The number of rotatable bonds is 3. The van der Waals surface area contributed by atoms with Crippen LogP contribution in [-0.2, 0) is 6.54 Å². The van der Waals surface area contributed by atoms with Crippen LogP contribution in [-0.4, -0.2) is 9.97 Å². The normalized spacial score (nSPS) is 10.4. The van der Waals surface area contributed by atoms with Crippen molar-refractivity contribution in [1.82, 2.24) is 9.97 Å². The summed E-state index contributed by atoms with van der Waals surface area (Å²) in [7, 11) is 0. The Labute approximate surface area is 102 Å². The molecule has 0 radical (unpaired) electrons. The molecule has 0 aliphatic rings. The summed E-state index contributed by atoms with van der Waals surface area (Å²) >= 11 is 7.46. The highest BCUT2D eigenvalue weighted by molar-refractivity contribution is 7.08. The van der Waals surface area contributed by atoms with Crippen molar-refractivity contribution in [2.24, 2.45) is 0 Å². The molecule has 0 saturated heterocycles. The van der Waals surface area contributed by atoms with Gasteiger partial charge in [-0.3, -0.25) is 0 Å². The number of hydrogen-bond donors (Lipinski definition) is 2. The van der Waals surface area contributed by atoms with E-state index in [0.29, 0.717) is 17.5 Å². The molecule has 3 N–H and O–H groups in total. The summed E-state index contributed by atoms with van der Waals surface area (Å²) in [6.45, 7) is 2.79. The number of halogens is 1. The van der Waals surface area contributed by atoms with Crippen LogP contribution in [0.25, 0.3) is 0 Å². The van der Waals surface area contributed by atoms with Crippen LogP contribution in [0.15, 0.2) is 16.8 Å². The molecule has 0 bridgehead atoms. The van der Waals surface area contributed by atoms with Gasteiger partial charge in [0.2, 0.25) is 5.95 Å². The van der Waals surface area contributed by atoms with Crippen molar-refractivity contribution in [1.29, 1.82) is 0 Å². The van der Waals surface area contributed by atoms with E-state index >= 15 is 0 Å². The maximum atomic E-state index is 5.77. The van der Waals surface area contributed by atoms with Gasteiger partial charge in [0.05, 0.1) is 0 Å². The second kappa shape index (κ2) is 4.67. The SMILES string of the molecule is Cc1cscc1CNc1cc(Cl)nc(N)n1. The van der Waals surface area contributed by atoms with Gasteiger partial charge in [-0.1, -0.05) is 11.6 Å². The number of nitrogens with zero attached hydrogens (tertiary/aromatic N) is 2. The van der Waals surface area contributed by atoms with Crippen LogP contribution in [0.1, 0.15) is 11.1 Å². The van der Waals surface area contributed by atoms with Gasteiger partial charge < -0.3 is 11.1 Å². The summed E-state index contributed by atoms with van der Waals surface area (Å²) in [5.41, 5.74) is 8.01. The standard InChI is InChI=1S/C10H11ClN4S/c1-6-4-16-5-7(6)3-13-9-2-8(11)14-10(12)15-9/h2,4-5H,3H2,1H3,(H3,12,13,14,15). The average Bonchev–Trinajstić information content (AvgIpc) is 2.59. The first-order valence-corrected chi connectivity index (χ1v) is 6.03. The van der Waals surface area contributed by atoms with Gasteiger partial charge in [-0.25, -0.2) is 4.98 Å². The van der Waals surface area contributed by atoms with Crippen LogP contribution in [0.4, 0.5) is 11.8 Å². The number of nitrogen functional groups attached to an aromatic ring is 1. The second-order valence-corrected chi connectivity index (χ2v) is 4.50. The summed E-state index contributed by atoms with van der Waals surface area (Å²) in [5, 5.41) is 7.72. The molecular weight excluding hydrogens is 244 g/mol. The Morgan fingerprint density at radius 1 is 1.44 bits per heavy atom. The summed E-state index contributed by atoms with van der Waals surface area (Å²) in [4.78, 5) is 7.83. The molecule has 0 aliphatic carbocycles. The lowest BCUT2D eigenvalue weighted by Gasteiger charge is -2.05. The van der Waals surface area contributed by atoms with Gasteiger partial charge in [0.25, 0.3) is 0 Å². The molecule has 2 aromatic rings. The number of anilines is 2. The lowest BCUT2D eigenvalue weighted by Crippen LogP contribution is -2.04. The lowest BCUT2D eigenvalue weighted by atomic mass is 10.2. The Morgan fingerprint density at radius 2 is 2.25 bits per heavy atom. The highest BCUT2D eigenvalue weighted by atomic mass is 35.5. The van der Waals surface area contributed by atoms with E-state index in [-0.39, 0.29) is 5.95 Å². The minimum absolute atomic E-state index is 0.178. The second-order valence-electron chi connectivity index (χ2n) is 3.37. The number of hydrogen-bond acceptors (Lipinski definition) is 5. The van der Waals surface area contributed by atoms with E-state index in [0.717, 1.165) is 0 Å². The van der Waals surface area contributed by atoms with Gasteiger partial charge in [0.1, 0.15) is 11.0 Å². The fourth-order valence-corrected chi connectivity index (χ4v) is 2.33. The molecule has 6 heteroatoms. The van der Waals surface area contributed by atoms with E-state index in [1.807, 2.05) is 0 Å². The molecular formula is C10H11ClN4S. The molecule has 2 heterocycles. The average molecular weight is 255 g/mol. The van der Waals surface area contributed by atoms with Crippen molar-refractivity contribution < 1.29 is 0 Å². The smallest absolute Gasteiger partial charge is 0.223 e. The van der Waals surface area contributed by atoms with Crippen molar-refractivity contribution in [3.63, 3.8) is 0 Å². The van der Waals surface area contributed by atoms with Crippen molar-refractivity contribution >= 4 is 34.7 Å². The van der Waals surface area contributed by atoms with Gasteiger partial charge in [-0.15, -0.1) is 0 Å². The maximum Gasteiger partial charge on any atom is 0.223 e. The van der Waals surface area contributed by atoms with E-state index < -0.39 is 0 Å². The molecule has 0 aliphatic heterocycles. The molecule has 2 aromatic heterocycles. The number of nitrogens with two attached hydrogens (primary N) is 1. The van der Waals surface area contributed by atoms with Crippen LogP contribution >= 0.6 is 22.9 Å². The summed E-state index contributed by atoms with van der Waals surface area (Å²) in [5.74, 6) is 0.820. The van der Waals surface area contributed by atoms with Crippen LogP contribution < -0.4 is 11.1 Å². The number of thiophene rings is 1. The fourth-order valence-electron chi connectivity index (χ4n) is 1.28. The third-order valence-electron chi connectivity index (χ3n) is 2.13. The summed E-state index contributed by atoms with van der Waals surface area (Å²) in [6.07, 6.45) is 0. The third-order valence-corrected chi connectivity index (χ3v) is 3.24. The van der Waals surface area contributed by atoms with Gasteiger partial charge in [0.15, 0.2) is 0 Å². The zero-order valence-corrected chi connectivity index (χ0v) is 10.3. The number of aryl methyl sites for hydroxylation is 1. The fraction of sp³-hybridized carbons (Fsp3) is 0.200. The molecule has 16 heavy (non-hydrogen) atoms. The molecule has 0 fully saturated rings. The molecule has 0 unspecified atom stereocenters. The molecule has 0 amide bonds. The van der Waals surface area contributed by atoms with Gasteiger partial charge >= 0.3 is 0 Å². The maximum absolute atomic E-state index is 5.77. The topological polar surface area (TPSA) is 63.8 Å².